The number of likely N-dealkylation sites (tertiary alicyclic amines) is 1. The Morgan fingerprint density at radius 2 is 1.90 bits per heavy atom. The first-order valence-corrected chi connectivity index (χ1v) is 10.9. The summed E-state index contributed by atoms with van der Waals surface area (Å²) in [5.41, 5.74) is 1.10. The van der Waals surface area contributed by atoms with Crippen LogP contribution in [0.2, 0.25) is 0 Å². The normalized spacial score (nSPS) is 20.8. The summed E-state index contributed by atoms with van der Waals surface area (Å²) in [5, 5.41) is 3.52. The van der Waals surface area contributed by atoms with Crippen molar-refractivity contribution in [3.63, 3.8) is 0 Å². The second kappa shape index (κ2) is 12.1. The number of methoxy groups -OCH3 is 1. The predicted molar refractivity (Wildman–Crippen MR) is 119 cm³/mol. The van der Waals surface area contributed by atoms with E-state index in [9.17, 15) is 4.39 Å². The van der Waals surface area contributed by atoms with Gasteiger partial charge in [-0.3, -0.25) is 9.89 Å². The fraction of sp³-hybridized carbons (Fsp3) is 0.682. The molecule has 1 unspecified atom stereocenters. The molecule has 7 nitrogen and oxygen atoms in total. The molecule has 1 atom stereocenters. The summed E-state index contributed by atoms with van der Waals surface area (Å²) >= 11 is 0. The Morgan fingerprint density at radius 1 is 1.13 bits per heavy atom. The van der Waals surface area contributed by atoms with Gasteiger partial charge >= 0.3 is 0 Å². The Balaban J connectivity index is 1.32. The average molecular weight is 422 g/mol. The van der Waals surface area contributed by atoms with Crippen molar-refractivity contribution in [1.82, 2.24) is 15.1 Å². The molecule has 3 rings (SSSR count). The quantitative estimate of drug-likeness (QED) is 0.371. The molecule has 2 heterocycles. The van der Waals surface area contributed by atoms with Gasteiger partial charge in [0.25, 0.3) is 0 Å². The minimum Gasteiger partial charge on any atom is -0.382 e. The van der Waals surface area contributed by atoms with Gasteiger partial charge in [0.1, 0.15) is 5.82 Å². The highest BCUT2D eigenvalue weighted by Gasteiger charge is 2.25. The fourth-order valence-electron chi connectivity index (χ4n) is 4.09. The molecular weight excluding hydrogens is 385 g/mol. The van der Waals surface area contributed by atoms with Crippen LogP contribution in [0.3, 0.4) is 0 Å². The minimum atomic E-state index is -0.181. The summed E-state index contributed by atoms with van der Waals surface area (Å²) in [6, 6.07) is 6.79. The molecule has 1 aromatic carbocycles. The van der Waals surface area contributed by atoms with Crippen molar-refractivity contribution in [2.45, 2.75) is 6.42 Å². The lowest BCUT2D eigenvalue weighted by atomic mass is 10.1. The summed E-state index contributed by atoms with van der Waals surface area (Å²) in [5.74, 6) is 1.36. The van der Waals surface area contributed by atoms with E-state index in [-0.39, 0.29) is 5.82 Å². The molecule has 2 saturated heterocycles. The lowest BCUT2D eigenvalue weighted by molar-refractivity contribution is 0.0536. The van der Waals surface area contributed by atoms with Crippen LogP contribution in [0, 0.1) is 11.7 Å². The molecule has 0 saturated carbocycles. The van der Waals surface area contributed by atoms with Crippen LogP contribution in [0.15, 0.2) is 29.3 Å². The molecule has 1 aromatic rings. The van der Waals surface area contributed by atoms with Crippen LogP contribution < -0.4 is 10.2 Å². The van der Waals surface area contributed by atoms with Gasteiger partial charge in [-0.2, -0.15) is 0 Å². The Labute approximate surface area is 179 Å². The number of benzene rings is 1. The number of guanidine groups is 1. The molecule has 2 fully saturated rings. The Morgan fingerprint density at radius 3 is 2.60 bits per heavy atom. The van der Waals surface area contributed by atoms with Crippen molar-refractivity contribution >= 4 is 11.6 Å². The number of halogens is 1. The highest BCUT2D eigenvalue weighted by Crippen LogP contribution is 2.18. The predicted octanol–water partition coefficient (Wildman–Crippen LogP) is 1.51. The summed E-state index contributed by atoms with van der Waals surface area (Å²) in [6.45, 7) is 9.96. The molecule has 2 aliphatic rings. The molecule has 1 N–H and O–H groups in total. The molecule has 0 aromatic heterocycles. The van der Waals surface area contributed by atoms with Crippen LogP contribution in [0.1, 0.15) is 6.42 Å². The number of hydrogen-bond acceptors (Lipinski definition) is 5. The van der Waals surface area contributed by atoms with Crippen molar-refractivity contribution in [3.05, 3.63) is 30.1 Å². The summed E-state index contributed by atoms with van der Waals surface area (Å²) < 4.78 is 23.8. The highest BCUT2D eigenvalue weighted by molar-refractivity contribution is 5.80. The number of hydrogen-bond donors (Lipinski definition) is 1. The zero-order chi connectivity index (χ0) is 21.2. The maximum atomic E-state index is 13.1. The van der Waals surface area contributed by atoms with Crippen molar-refractivity contribution in [3.8, 4) is 0 Å². The third-order valence-corrected chi connectivity index (χ3v) is 5.86. The Hall–Kier alpha value is -1.90. The maximum Gasteiger partial charge on any atom is 0.193 e. The smallest absolute Gasteiger partial charge is 0.193 e. The maximum absolute atomic E-state index is 13.1. The standard InChI is InChI=1S/C22H36FN5O2/c1-24-22(28-9-7-19(17-28)18-30-16-15-29-2)25-8-10-26-11-13-27(14-12-26)21-5-3-20(23)4-6-21/h3-6,19H,7-18H2,1-2H3,(H,24,25). The van der Waals surface area contributed by atoms with Crippen LogP contribution in [-0.4, -0.2) is 102 Å². The van der Waals surface area contributed by atoms with Gasteiger partial charge in [-0.05, 0) is 30.7 Å². The topological polar surface area (TPSA) is 52.6 Å². The molecular formula is C22H36FN5O2. The van der Waals surface area contributed by atoms with Crippen molar-refractivity contribution in [2.24, 2.45) is 10.9 Å². The van der Waals surface area contributed by atoms with Gasteiger partial charge in [0.15, 0.2) is 5.96 Å². The first-order chi connectivity index (χ1) is 14.7. The third-order valence-electron chi connectivity index (χ3n) is 5.86. The summed E-state index contributed by atoms with van der Waals surface area (Å²) in [7, 11) is 3.55. The lowest BCUT2D eigenvalue weighted by Gasteiger charge is -2.36. The monoisotopic (exact) mass is 421 g/mol. The van der Waals surface area contributed by atoms with Crippen LogP contribution in [0.5, 0.6) is 0 Å². The number of nitrogens with one attached hydrogen (secondary N) is 1. The van der Waals surface area contributed by atoms with E-state index in [1.807, 2.05) is 19.2 Å². The number of aliphatic imine (C=N–C) groups is 1. The Kier molecular flexibility index (Phi) is 9.17. The number of anilines is 1. The second-order valence-corrected chi connectivity index (χ2v) is 7.95. The van der Waals surface area contributed by atoms with Crippen LogP contribution >= 0.6 is 0 Å². The number of rotatable bonds is 9. The van der Waals surface area contributed by atoms with E-state index in [0.29, 0.717) is 19.1 Å². The van der Waals surface area contributed by atoms with Crippen molar-refractivity contribution in [2.75, 3.05) is 91.2 Å². The minimum absolute atomic E-state index is 0.181. The van der Waals surface area contributed by atoms with E-state index < -0.39 is 0 Å². The number of piperazine rings is 1. The highest BCUT2D eigenvalue weighted by atomic mass is 19.1. The van der Waals surface area contributed by atoms with E-state index in [2.05, 4.69) is 25.0 Å². The van der Waals surface area contributed by atoms with Crippen LogP contribution in [0.25, 0.3) is 0 Å². The van der Waals surface area contributed by atoms with E-state index in [1.54, 1.807) is 7.11 Å². The zero-order valence-corrected chi connectivity index (χ0v) is 18.4. The van der Waals surface area contributed by atoms with Crippen molar-refractivity contribution < 1.29 is 13.9 Å². The van der Waals surface area contributed by atoms with Gasteiger partial charge in [0, 0.05) is 78.1 Å². The number of ether oxygens (including phenoxy) is 2. The molecule has 0 radical (unpaired) electrons. The van der Waals surface area contributed by atoms with E-state index >= 15 is 0 Å². The lowest BCUT2D eigenvalue weighted by Crippen LogP contribution is -2.49. The molecule has 0 spiro atoms. The first-order valence-electron chi connectivity index (χ1n) is 10.9. The van der Waals surface area contributed by atoms with Gasteiger partial charge in [0.05, 0.1) is 19.8 Å². The molecule has 0 amide bonds. The molecule has 168 valence electrons. The molecule has 8 heteroatoms. The van der Waals surface area contributed by atoms with Gasteiger partial charge in [0.2, 0.25) is 0 Å². The molecule has 30 heavy (non-hydrogen) atoms. The first kappa shape index (κ1) is 22.8. The third kappa shape index (κ3) is 6.82. The van der Waals surface area contributed by atoms with Gasteiger partial charge < -0.3 is 24.6 Å². The van der Waals surface area contributed by atoms with Crippen LogP contribution in [0.4, 0.5) is 10.1 Å². The summed E-state index contributed by atoms with van der Waals surface area (Å²) in [6.07, 6.45) is 1.14. The Bertz CT molecular complexity index is 649. The van der Waals surface area contributed by atoms with Gasteiger partial charge in [-0.1, -0.05) is 0 Å². The average Bonchev–Trinajstić information content (AvgIpc) is 3.24. The molecule has 0 aliphatic carbocycles. The SMILES string of the molecule is CN=C(NCCN1CCN(c2ccc(F)cc2)CC1)N1CCC(COCCOC)C1. The molecule has 2 aliphatic heterocycles. The van der Waals surface area contributed by atoms with Gasteiger partial charge in [-0.25, -0.2) is 4.39 Å². The largest absolute Gasteiger partial charge is 0.382 e. The van der Waals surface area contributed by atoms with E-state index in [1.165, 1.54) is 12.1 Å². The van der Waals surface area contributed by atoms with Gasteiger partial charge in [-0.15, -0.1) is 0 Å². The zero-order valence-electron chi connectivity index (χ0n) is 18.4. The van der Waals surface area contributed by atoms with Crippen molar-refractivity contribution in [1.29, 1.82) is 0 Å². The van der Waals surface area contributed by atoms with Crippen LogP contribution in [-0.2, 0) is 9.47 Å². The fourth-order valence-corrected chi connectivity index (χ4v) is 4.09. The molecule has 0 bridgehead atoms. The van der Waals surface area contributed by atoms with E-state index in [4.69, 9.17) is 9.47 Å². The van der Waals surface area contributed by atoms with E-state index in [0.717, 1.165) is 77.0 Å². The summed E-state index contributed by atoms with van der Waals surface area (Å²) in [4.78, 5) is 11.6. The second-order valence-electron chi connectivity index (χ2n) is 7.95. The number of nitrogens with zero attached hydrogens (tertiary/aromatic N) is 4.